The Kier molecular flexibility index (Phi) is 6.02. The van der Waals surface area contributed by atoms with Crippen molar-refractivity contribution in [1.82, 2.24) is 0 Å². The van der Waals surface area contributed by atoms with Gasteiger partial charge in [-0.2, -0.15) is 15.8 Å². The molecule has 0 saturated heterocycles. The Morgan fingerprint density at radius 3 is 2.48 bits per heavy atom. The Balaban J connectivity index is 2.45. The van der Waals surface area contributed by atoms with Crippen LogP contribution in [0.5, 0.6) is 0 Å². The molecule has 1 heterocycles. The smallest absolute Gasteiger partial charge is 0.339 e. The second-order valence-corrected chi connectivity index (χ2v) is 5.48. The van der Waals surface area contributed by atoms with E-state index < -0.39 is 5.97 Å². The summed E-state index contributed by atoms with van der Waals surface area (Å²) in [7, 11) is 1.25. The van der Waals surface area contributed by atoms with Crippen LogP contribution in [0.4, 0.5) is 0 Å². The summed E-state index contributed by atoms with van der Waals surface area (Å²) in [4.78, 5) is 11.7. The molecule has 1 aromatic carbocycles. The normalized spacial score (nSPS) is 10.3. The van der Waals surface area contributed by atoms with Gasteiger partial charge in [-0.1, -0.05) is 11.6 Å². The Bertz CT molecular complexity index is 1080. The van der Waals surface area contributed by atoms with E-state index in [-0.39, 0.29) is 33.2 Å². The van der Waals surface area contributed by atoms with Gasteiger partial charge in [0.25, 0.3) is 0 Å². The summed E-state index contributed by atoms with van der Waals surface area (Å²) < 4.78 is 10.3. The zero-order chi connectivity index (χ0) is 20.0. The second kappa shape index (κ2) is 8.40. The van der Waals surface area contributed by atoms with Crippen molar-refractivity contribution in [2.45, 2.75) is 0 Å². The van der Waals surface area contributed by atoms with E-state index >= 15 is 0 Å². The molecule has 0 spiro atoms. The van der Waals surface area contributed by atoms with Crippen molar-refractivity contribution in [1.29, 1.82) is 15.8 Å². The number of nitrogens with zero attached hydrogens (tertiary/aromatic N) is 3. The highest BCUT2D eigenvalue weighted by molar-refractivity contribution is 6.33. The van der Waals surface area contributed by atoms with E-state index in [9.17, 15) is 10.1 Å². The van der Waals surface area contributed by atoms with Crippen molar-refractivity contribution in [3.63, 3.8) is 0 Å². The summed E-state index contributed by atoms with van der Waals surface area (Å²) in [6.45, 7) is 0. The number of halogens is 1. The van der Waals surface area contributed by atoms with Crippen LogP contribution in [0.1, 0.15) is 16.1 Å². The number of rotatable bonds is 4. The van der Waals surface area contributed by atoms with Crippen molar-refractivity contribution in [2.75, 3.05) is 7.11 Å². The van der Waals surface area contributed by atoms with Crippen LogP contribution < -0.4 is 5.73 Å². The molecule has 0 unspecified atom stereocenters. The van der Waals surface area contributed by atoms with Gasteiger partial charge in [0.2, 0.25) is 0 Å². The number of carbonyl (C=O) groups is 1. The molecule has 27 heavy (non-hydrogen) atoms. The van der Waals surface area contributed by atoms with Gasteiger partial charge in [0.15, 0.2) is 5.57 Å². The molecule has 0 aliphatic carbocycles. The molecule has 2 N–H and O–H groups in total. The zero-order valence-electron chi connectivity index (χ0n) is 14.0. The van der Waals surface area contributed by atoms with Crippen LogP contribution in [-0.2, 0) is 4.74 Å². The predicted octanol–water partition coefficient (Wildman–Crippen LogP) is 3.55. The van der Waals surface area contributed by atoms with E-state index in [0.29, 0.717) is 11.3 Å². The van der Waals surface area contributed by atoms with Crippen molar-refractivity contribution < 1.29 is 13.9 Å². The van der Waals surface area contributed by atoms with Crippen molar-refractivity contribution in [3.05, 3.63) is 63.5 Å². The molecule has 0 aliphatic heterocycles. The van der Waals surface area contributed by atoms with Gasteiger partial charge in [-0.25, -0.2) is 4.79 Å². The largest absolute Gasteiger partial charge is 0.465 e. The summed E-state index contributed by atoms with van der Waals surface area (Å²) in [5.41, 5.74) is 5.74. The highest BCUT2D eigenvalue weighted by Crippen LogP contribution is 2.28. The summed E-state index contributed by atoms with van der Waals surface area (Å²) in [6.07, 6.45) is 1.31. The maximum absolute atomic E-state index is 11.7. The first-order valence-corrected chi connectivity index (χ1v) is 7.73. The molecule has 2 aromatic rings. The van der Waals surface area contributed by atoms with Crippen LogP contribution in [0.15, 0.2) is 51.6 Å². The minimum atomic E-state index is -0.585. The van der Waals surface area contributed by atoms with Gasteiger partial charge >= 0.3 is 5.97 Å². The van der Waals surface area contributed by atoms with Crippen LogP contribution in [-0.4, -0.2) is 13.1 Å². The van der Waals surface area contributed by atoms with Gasteiger partial charge in [0.05, 0.1) is 29.0 Å². The molecule has 2 rings (SSSR count). The van der Waals surface area contributed by atoms with Crippen LogP contribution in [0.3, 0.4) is 0 Å². The van der Waals surface area contributed by atoms with Crippen molar-refractivity contribution >= 4 is 23.6 Å². The van der Waals surface area contributed by atoms with E-state index in [0.717, 1.165) is 0 Å². The molecular formula is C19H11ClN4O3. The number of nitrogens with two attached hydrogens (primary N) is 1. The van der Waals surface area contributed by atoms with Gasteiger partial charge in [0, 0.05) is 11.6 Å². The van der Waals surface area contributed by atoms with E-state index in [1.165, 1.54) is 25.3 Å². The molecule has 1 aromatic heterocycles. The van der Waals surface area contributed by atoms with E-state index in [1.807, 2.05) is 6.07 Å². The first kappa shape index (κ1) is 19.3. The molecule has 0 atom stereocenters. The number of hydrogen-bond acceptors (Lipinski definition) is 7. The Morgan fingerprint density at radius 2 is 1.89 bits per heavy atom. The predicted molar refractivity (Wildman–Crippen MR) is 96.5 cm³/mol. The van der Waals surface area contributed by atoms with Gasteiger partial charge in [-0.05, 0) is 30.3 Å². The van der Waals surface area contributed by atoms with E-state index in [2.05, 4.69) is 4.74 Å². The molecular weight excluding hydrogens is 368 g/mol. The Hall–Kier alpha value is -3.99. The monoisotopic (exact) mass is 378 g/mol. The maximum Gasteiger partial charge on any atom is 0.339 e. The molecule has 0 amide bonds. The number of esters is 1. The summed E-state index contributed by atoms with van der Waals surface area (Å²) in [5, 5.41) is 27.2. The summed E-state index contributed by atoms with van der Waals surface area (Å²) >= 11 is 5.99. The van der Waals surface area contributed by atoms with Crippen LogP contribution in [0.25, 0.3) is 17.4 Å². The average Bonchev–Trinajstić information content (AvgIpc) is 3.15. The number of nitriles is 3. The summed E-state index contributed by atoms with van der Waals surface area (Å²) in [5.74, 6) is 0.0942. The minimum absolute atomic E-state index is 0.0830. The molecule has 7 nitrogen and oxygen atoms in total. The Labute approximate surface area is 159 Å². The van der Waals surface area contributed by atoms with Gasteiger partial charge in [-0.3, -0.25) is 0 Å². The lowest BCUT2D eigenvalue weighted by Crippen LogP contribution is -2.03. The number of ether oxygens (including phenoxy) is 1. The SMILES string of the molecule is COC(=O)c1cc(-c2ccc(/C=C(\C#N)C(N)=C(C#N)C#N)o2)ccc1Cl. The highest BCUT2D eigenvalue weighted by atomic mass is 35.5. The molecule has 0 saturated carbocycles. The molecule has 0 bridgehead atoms. The van der Waals surface area contributed by atoms with E-state index in [4.69, 9.17) is 32.3 Å². The third-order valence-electron chi connectivity index (χ3n) is 3.47. The molecule has 0 radical (unpaired) electrons. The third kappa shape index (κ3) is 4.16. The highest BCUT2D eigenvalue weighted by Gasteiger charge is 2.14. The Morgan fingerprint density at radius 1 is 1.19 bits per heavy atom. The number of carbonyl (C=O) groups excluding carboxylic acids is 1. The topological polar surface area (TPSA) is 137 Å². The second-order valence-electron chi connectivity index (χ2n) is 5.07. The number of allylic oxidation sites excluding steroid dienone is 2. The number of benzene rings is 1. The lowest BCUT2D eigenvalue weighted by Gasteiger charge is -2.04. The zero-order valence-corrected chi connectivity index (χ0v) is 14.7. The van der Waals surface area contributed by atoms with Crippen molar-refractivity contribution in [2.24, 2.45) is 5.73 Å². The quantitative estimate of drug-likeness (QED) is 0.487. The standard InChI is InChI=1S/C19H11ClN4O3/c1-26-19(25)15-7-11(2-4-16(15)20)17-5-3-14(27-17)6-12(8-21)18(24)13(9-22)10-23/h2-7H,24H2,1H3/b12-6+. The van der Waals surface area contributed by atoms with Gasteiger partial charge < -0.3 is 14.9 Å². The molecule has 8 heteroatoms. The first-order valence-electron chi connectivity index (χ1n) is 7.35. The van der Waals surface area contributed by atoms with Crippen molar-refractivity contribution in [3.8, 4) is 29.5 Å². The van der Waals surface area contributed by atoms with Crippen LogP contribution in [0, 0.1) is 34.0 Å². The molecule has 132 valence electrons. The maximum atomic E-state index is 11.7. The van der Waals surface area contributed by atoms with Crippen LogP contribution in [0.2, 0.25) is 5.02 Å². The molecule has 0 fully saturated rings. The number of hydrogen-bond donors (Lipinski definition) is 1. The van der Waals surface area contributed by atoms with Gasteiger partial charge in [-0.15, -0.1) is 0 Å². The lowest BCUT2D eigenvalue weighted by molar-refractivity contribution is 0.0601. The fourth-order valence-electron chi connectivity index (χ4n) is 2.12. The van der Waals surface area contributed by atoms with Crippen LogP contribution >= 0.6 is 11.6 Å². The average molecular weight is 379 g/mol. The first-order chi connectivity index (χ1) is 12.9. The minimum Gasteiger partial charge on any atom is -0.465 e. The summed E-state index contributed by atoms with van der Waals surface area (Å²) in [6, 6.07) is 13.0. The van der Waals surface area contributed by atoms with E-state index in [1.54, 1.807) is 30.3 Å². The number of furan rings is 1. The molecule has 0 aliphatic rings. The van der Waals surface area contributed by atoms with Gasteiger partial charge in [0.1, 0.15) is 29.7 Å². The number of methoxy groups -OCH3 is 1. The lowest BCUT2D eigenvalue weighted by atomic mass is 10.1. The fraction of sp³-hybridized carbons (Fsp3) is 0.0526. The fourth-order valence-corrected chi connectivity index (χ4v) is 2.32. The third-order valence-corrected chi connectivity index (χ3v) is 3.80.